The van der Waals surface area contributed by atoms with Gasteiger partial charge in [-0.05, 0) is 219 Å². The maximum atomic E-state index is 13.5. The predicted molar refractivity (Wildman–Crippen MR) is 583 cm³/mol. The molecule has 145 heavy (non-hydrogen) atoms. The Hall–Kier alpha value is -17.5. The number of hydrogen-bond donors (Lipinski definition) is 4. The first-order chi connectivity index (χ1) is 70.2. The molecule has 0 bridgehead atoms. The van der Waals surface area contributed by atoms with E-state index in [0.717, 1.165) is 190 Å². The summed E-state index contributed by atoms with van der Waals surface area (Å²) in [4.78, 5) is 89.5. The number of aryl methyl sites for hydroxylation is 7. The maximum Gasteiger partial charge on any atom is 0.198 e. The number of pyridine rings is 5. The Morgan fingerprint density at radius 1 is 0.290 bits per heavy atom. The van der Waals surface area contributed by atoms with Crippen LogP contribution in [0.15, 0.2) is 334 Å². The highest BCUT2D eigenvalue weighted by Gasteiger charge is 2.36. The number of carbonyl (C=O) groups is 5. The molecule has 0 spiro atoms. The van der Waals surface area contributed by atoms with Crippen LogP contribution in [0.1, 0.15) is 178 Å². The first kappa shape index (κ1) is 93.7. The summed E-state index contributed by atoms with van der Waals surface area (Å²) < 4.78 is 18.9. The van der Waals surface area contributed by atoms with Crippen LogP contribution in [-0.2, 0) is 10.8 Å². The maximum absolute atomic E-state index is 13.5. The zero-order valence-corrected chi connectivity index (χ0v) is 82.8. The Kier molecular flexibility index (Phi) is 24.7. The molecule has 5 aromatic heterocycles. The van der Waals surface area contributed by atoms with Crippen molar-refractivity contribution >= 4 is 111 Å². The van der Waals surface area contributed by atoms with Gasteiger partial charge in [0.1, 0.15) is 34.5 Å². The number of carbonyl (C=O) groups excluding carboxylic acids is 5. The summed E-state index contributed by atoms with van der Waals surface area (Å²) >= 11 is 0. The molecule has 20 aromatic rings. The summed E-state index contributed by atoms with van der Waals surface area (Å²) in [7, 11) is 0. The summed E-state index contributed by atoms with van der Waals surface area (Å²) in [5.74, 6) is 4.31. The van der Waals surface area contributed by atoms with E-state index >= 15 is 0 Å². The zero-order valence-electron chi connectivity index (χ0n) is 82.8. The van der Waals surface area contributed by atoms with Crippen LogP contribution in [0.25, 0.3) is 110 Å². The Morgan fingerprint density at radius 2 is 0.703 bits per heavy atom. The second kappa shape index (κ2) is 38.1. The lowest BCUT2D eigenvalue weighted by molar-refractivity contribution is 0.103. The van der Waals surface area contributed by atoms with Gasteiger partial charge >= 0.3 is 0 Å². The lowest BCUT2D eigenvalue weighted by Crippen LogP contribution is -2.16. The van der Waals surface area contributed by atoms with E-state index in [2.05, 4.69) is 177 Å². The van der Waals surface area contributed by atoms with Crippen molar-refractivity contribution in [2.45, 2.75) is 107 Å². The van der Waals surface area contributed by atoms with Crippen molar-refractivity contribution < 1.29 is 43.3 Å². The van der Waals surface area contributed by atoms with Crippen molar-refractivity contribution in [3.05, 3.63) is 440 Å². The van der Waals surface area contributed by atoms with Crippen LogP contribution in [0.4, 0.5) is 28.4 Å². The monoisotopic (exact) mass is 1900 g/mol. The highest BCUT2D eigenvalue weighted by molar-refractivity contribution is 6.32. The minimum Gasteiger partial charge on any atom is -0.457 e. The molecule has 4 N–H and O–H groups in total. The standard InChI is InChI=1S/2C27H23NO2.C26H22N2O3.2C24H18N2O/c1-16-15-18(27(2,3)4)10-12-21(16)30-22-11-9-17-13-14-28-25-19-7-5-6-8-20(19)26(29)24(22)23(17)25;1-4-27(2,3)17-9-11-18(12-10-17)30-23-14-13-22-24-21(23)15-16-28-25(24)19-7-5-6-8-20(19)26(22)29;1-15-7-8-21(16(2)13-15)31-22-14-20(27-11-12-29)24-23-19(22)9-10-28-25(23)17-5-3-4-6-18(17)26(24)30;1-14-7-9-20(15(2)13-14)26-21-10-8-19-22-18(21)11-12-25-23(22)16-5-3-4-6-17(16)24(19)27;1-14-7-9-16(10-8-14)26-20-13-15(2)17-11-12-25-23-18-5-3-4-6-19(18)24(27)22(20)21(17)23/h5-15H,1-4H3;5-16H,4H2,1-3H3;3-10,13-14,27,29H,11-12H2,1-2H3;2*3-13,26H,1-2H3. The molecule has 0 aliphatic heterocycles. The van der Waals surface area contributed by atoms with Crippen molar-refractivity contribution in [3.8, 4) is 90.8 Å². The summed E-state index contributed by atoms with van der Waals surface area (Å²) in [6, 6.07) is 98.6. The second-order valence-electron chi connectivity index (χ2n) is 39.2. The van der Waals surface area contributed by atoms with Gasteiger partial charge in [-0.3, -0.25) is 48.9 Å². The smallest absolute Gasteiger partial charge is 0.198 e. The van der Waals surface area contributed by atoms with E-state index in [1.165, 1.54) is 33.4 Å². The molecular formula is C128H104N8O9. The number of fused-ring (bicyclic) bond motifs is 10. The quantitative estimate of drug-likeness (QED) is 0.0747. The molecule has 5 aliphatic carbocycles. The molecule has 15 aromatic carbocycles. The van der Waals surface area contributed by atoms with Gasteiger partial charge in [-0.15, -0.1) is 0 Å². The summed E-state index contributed by atoms with van der Waals surface area (Å²) in [6.07, 6.45) is 10.1. The van der Waals surface area contributed by atoms with Crippen LogP contribution in [0.5, 0.6) is 34.5 Å². The number of rotatable bonds is 15. The van der Waals surface area contributed by atoms with Crippen LogP contribution in [-0.4, -0.2) is 72.1 Å². The van der Waals surface area contributed by atoms with Gasteiger partial charge in [-0.1, -0.05) is 246 Å². The SMILES string of the molecule is CCC(C)(C)c1ccc(Oc2ccc3c4c(nccc24)-c2ccccc2C3=O)cc1.Cc1cc(C(C)(C)C)ccc1Oc1ccc2ccnc3c2c1C(=O)c1ccccc1-3.Cc1ccc(Nc2cc(C)c3ccnc4c3c2C(=O)c2ccccc2-4)cc1.Cc1ccc(Nc2ccc3c4c(nccc24)-c2ccccc2C3=O)c(C)c1.Cc1ccc(Oc2cc(NCCO)c3c4c(nccc24)-c2ccccc2C3=O)c(C)c1. The largest absolute Gasteiger partial charge is 0.457 e. The molecule has 17 heteroatoms. The van der Waals surface area contributed by atoms with Crippen LogP contribution < -0.4 is 30.2 Å². The van der Waals surface area contributed by atoms with Crippen molar-refractivity contribution in [2.24, 2.45) is 0 Å². The molecule has 0 unspecified atom stereocenters. The lowest BCUT2D eigenvalue weighted by atomic mass is 9.82. The molecule has 0 atom stereocenters. The van der Waals surface area contributed by atoms with Gasteiger partial charge in [-0.2, -0.15) is 0 Å². The summed E-state index contributed by atoms with van der Waals surface area (Å²) in [5.41, 5.74) is 30.5. The molecule has 0 saturated carbocycles. The molecule has 17 nitrogen and oxygen atoms in total. The van der Waals surface area contributed by atoms with Gasteiger partial charge in [0.25, 0.3) is 0 Å². The highest BCUT2D eigenvalue weighted by atomic mass is 16.5. The Morgan fingerprint density at radius 3 is 1.23 bits per heavy atom. The van der Waals surface area contributed by atoms with Crippen molar-refractivity contribution in [1.82, 2.24) is 24.9 Å². The number of ketones is 5. The molecular weight excluding hydrogens is 1790 g/mol. The fourth-order valence-corrected chi connectivity index (χ4v) is 20.3. The Balaban J connectivity index is 0.000000107. The van der Waals surface area contributed by atoms with E-state index in [1.54, 1.807) is 18.6 Å². The number of nitrogens with one attached hydrogen (secondary N) is 3. The van der Waals surface area contributed by atoms with Gasteiger partial charge < -0.3 is 35.3 Å². The van der Waals surface area contributed by atoms with E-state index in [9.17, 15) is 29.1 Å². The van der Waals surface area contributed by atoms with Gasteiger partial charge in [0.05, 0.1) is 57.5 Å². The molecule has 5 heterocycles. The normalized spacial score (nSPS) is 12.4. The second-order valence-corrected chi connectivity index (χ2v) is 39.2. The number of nitrogens with zero attached hydrogens (tertiary/aromatic N) is 5. The highest BCUT2D eigenvalue weighted by Crippen LogP contribution is 2.51. The van der Waals surface area contributed by atoms with Crippen molar-refractivity contribution in [1.29, 1.82) is 0 Å². The molecule has 0 saturated heterocycles. The molecule has 0 fully saturated rings. The predicted octanol–water partition coefficient (Wildman–Crippen LogP) is 30.6. The van der Waals surface area contributed by atoms with Gasteiger partial charge in [0.2, 0.25) is 0 Å². The van der Waals surface area contributed by atoms with Crippen molar-refractivity contribution in [2.75, 3.05) is 29.1 Å². The minimum atomic E-state index is -0.0559. The number of hydrogen-bond acceptors (Lipinski definition) is 17. The third-order valence-electron chi connectivity index (χ3n) is 28.2. The average molecular weight is 1900 g/mol. The van der Waals surface area contributed by atoms with Crippen LogP contribution in [0.2, 0.25) is 0 Å². The van der Waals surface area contributed by atoms with Gasteiger partial charge in [0.15, 0.2) is 28.9 Å². The van der Waals surface area contributed by atoms with E-state index in [1.807, 2.05) is 270 Å². The lowest BCUT2D eigenvalue weighted by Gasteiger charge is -2.23. The Bertz CT molecular complexity index is 8780. The zero-order chi connectivity index (χ0) is 101. The average Bonchev–Trinajstić information content (AvgIpc) is 0.726. The number of aliphatic hydroxyl groups is 1. The van der Waals surface area contributed by atoms with E-state index in [-0.39, 0.29) is 46.4 Å². The van der Waals surface area contributed by atoms with E-state index in [0.29, 0.717) is 68.2 Å². The Labute approximate surface area is 841 Å². The van der Waals surface area contributed by atoms with Crippen molar-refractivity contribution in [3.63, 3.8) is 0 Å². The fraction of sp³-hybridized carbons (Fsp3) is 0.141. The molecule has 25 rings (SSSR count). The van der Waals surface area contributed by atoms with E-state index in [4.69, 9.17) is 14.2 Å². The number of ether oxygens (including phenoxy) is 3. The van der Waals surface area contributed by atoms with Crippen LogP contribution in [0.3, 0.4) is 0 Å². The molecule has 5 aliphatic rings. The number of benzene rings is 15. The van der Waals surface area contributed by atoms with Crippen LogP contribution >= 0.6 is 0 Å². The third-order valence-corrected chi connectivity index (χ3v) is 28.2. The first-order valence-corrected chi connectivity index (χ1v) is 48.9. The van der Waals surface area contributed by atoms with Gasteiger partial charge in [-0.25, -0.2) is 0 Å². The van der Waals surface area contributed by atoms with E-state index < -0.39 is 0 Å². The minimum absolute atomic E-state index is 0.0179. The first-order valence-electron chi connectivity index (χ1n) is 48.9. The third kappa shape index (κ3) is 17.3. The fourth-order valence-electron chi connectivity index (χ4n) is 20.3. The summed E-state index contributed by atoms with van der Waals surface area (Å²) in [6.45, 7) is 28.0. The molecule has 0 amide bonds. The topological polar surface area (TPSA) is 234 Å². The number of anilines is 5. The molecule has 710 valence electrons. The summed E-state index contributed by atoms with van der Waals surface area (Å²) in [5, 5.41) is 28.8. The number of aliphatic hydroxyl groups excluding tert-OH is 1. The molecule has 0 radical (unpaired) electrons. The number of aromatic nitrogens is 5. The van der Waals surface area contributed by atoms with Gasteiger partial charge in [0, 0.05) is 176 Å². The van der Waals surface area contributed by atoms with Crippen LogP contribution in [0, 0.1) is 48.5 Å².